The number of carbonyl (C=O) groups excluding carboxylic acids is 1. The molecule has 0 fully saturated rings. The Kier molecular flexibility index (Phi) is 9.78. The first-order valence-corrected chi connectivity index (χ1v) is 10.8. The Morgan fingerprint density at radius 1 is 1.16 bits per heavy atom. The van der Waals surface area contributed by atoms with Crippen LogP contribution >= 0.6 is 0 Å². The monoisotopic (exact) mass is 441 g/mol. The highest BCUT2D eigenvalue weighted by Crippen LogP contribution is 2.16. The van der Waals surface area contributed by atoms with Gasteiger partial charge in [-0.1, -0.05) is 24.3 Å². The van der Waals surface area contributed by atoms with E-state index in [2.05, 4.69) is 20.6 Å². The number of aliphatic imine (C=N–C) groups is 1. The first-order chi connectivity index (χ1) is 15.3. The molecule has 2 rings (SSSR count). The molecule has 8 heteroatoms. The van der Waals surface area contributed by atoms with Crippen LogP contribution in [0.3, 0.4) is 0 Å². The lowest BCUT2D eigenvalue weighted by molar-refractivity contribution is 0.0232. The number of para-hydroxylation sites is 1. The van der Waals surface area contributed by atoms with Gasteiger partial charge in [-0.05, 0) is 44.9 Å². The molecule has 1 heterocycles. The van der Waals surface area contributed by atoms with Crippen LogP contribution in [0, 0.1) is 0 Å². The number of methoxy groups -OCH3 is 1. The summed E-state index contributed by atoms with van der Waals surface area (Å²) in [5.74, 6) is 1.52. The van der Waals surface area contributed by atoms with Crippen molar-refractivity contribution in [1.29, 1.82) is 0 Å². The molecule has 0 atom stereocenters. The summed E-state index contributed by atoms with van der Waals surface area (Å²) in [7, 11) is 3.39. The van der Waals surface area contributed by atoms with Crippen molar-refractivity contribution in [3.8, 4) is 5.75 Å². The topological polar surface area (TPSA) is 88.1 Å². The second-order valence-electron chi connectivity index (χ2n) is 8.28. The average Bonchev–Trinajstić information content (AvgIpc) is 2.77. The molecule has 0 aliphatic rings. The Hall–Kier alpha value is -3.29. The number of nitrogens with zero attached hydrogens (tertiary/aromatic N) is 3. The smallest absolute Gasteiger partial charge is 0.410 e. The summed E-state index contributed by atoms with van der Waals surface area (Å²) in [5, 5.41) is 6.58. The number of rotatable bonds is 9. The number of nitrogens with one attached hydrogen (secondary N) is 2. The molecule has 2 aromatic rings. The largest absolute Gasteiger partial charge is 0.496 e. The van der Waals surface area contributed by atoms with Gasteiger partial charge in [0.2, 0.25) is 0 Å². The molecular weight excluding hydrogens is 406 g/mol. The molecule has 0 unspecified atom stereocenters. The summed E-state index contributed by atoms with van der Waals surface area (Å²) < 4.78 is 11.0. The normalized spacial score (nSPS) is 11.6. The van der Waals surface area contributed by atoms with E-state index in [1.54, 1.807) is 31.5 Å². The average molecular weight is 442 g/mol. The van der Waals surface area contributed by atoms with Crippen molar-refractivity contribution in [2.75, 3.05) is 27.2 Å². The minimum absolute atomic E-state index is 0.333. The van der Waals surface area contributed by atoms with Crippen LogP contribution in [0.2, 0.25) is 0 Å². The fourth-order valence-electron chi connectivity index (χ4n) is 3.00. The highest BCUT2D eigenvalue weighted by Gasteiger charge is 2.22. The lowest BCUT2D eigenvalue weighted by Crippen LogP contribution is -2.40. The number of hydrogen-bond donors (Lipinski definition) is 2. The zero-order valence-electron chi connectivity index (χ0n) is 19.7. The van der Waals surface area contributed by atoms with Crippen molar-refractivity contribution in [3.63, 3.8) is 0 Å². The van der Waals surface area contributed by atoms with Crippen LogP contribution in [0.4, 0.5) is 4.79 Å². The second kappa shape index (κ2) is 12.5. The van der Waals surface area contributed by atoms with E-state index in [0.29, 0.717) is 32.1 Å². The van der Waals surface area contributed by atoms with Gasteiger partial charge in [0.15, 0.2) is 5.96 Å². The molecule has 0 radical (unpaired) electrons. The summed E-state index contributed by atoms with van der Waals surface area (Å²) >= 11 is 0. The van der Waals surface area contributed by atoms with E-state index in [1.807, 2.05) is 57.2 Å². The minimum atomic E-state index is -0.549. The van der Waals surface area contributed by atoms with Crippen molar-refractivity contribution in [2.24, 2.45) is 4.99 Å². The fourth-order valence-corrected chi connectivity index (χ4v) is 3.00. The Balaban J connectivity index is 1.86. The Labute approximate surface area is 191 Å². The first kappa shape index (κ1) is 25.0. The second-order valence-corrected chi connectivity index (χ2v) is 8.28. The number of amides is 1. The lowest BCUT2D eigenvalue weighted by Gasteiger charge is -2.27. The van der Waals surface area contributed by atoms with Gasteiger partial charge in [-0.2, -0.15) is 0 Å². The van der Waals surface area contributed by atoms with E-state index in [1.165, 1.54) is 0 Å². The zero-order chi connectivity index (χ0) is 23.4. The van der Waals surface area contributed by atoms with Gasteiger partial charge in [-0.15, -0.1) is 0 Å². The summed E-state index contributed by atoms with van der Waals surface area (Å²) in [6.45, 7) is 7.83. The number of pyridine rings is 1. The molecule has 32 heavy (non-hydrogen) atoms. The predicted molar refractivity (Wildman–Crippen MR) is 127 cm³/mol. The molecule has 0 aliphatic carbocycles. The maximum atomic E-state index is 12.7. The van der Waals surface area contributed by atoms with Gasteiger partial charge in [0, 0.05) is 44.6 Å². The quantitative estimate of drug-likeness (QED) is 0.351. The molecule has 0 aliphatic heterocycles. The van der Waals surface area contributed by atoms with E-state index in [-0.39, 0.29) is 6.09 Å². The summed E-state index contributed by atoms with van der Waals surface area (Å²) in [6, 6.07) is 11.7. The molecular formula is C24H35N5O3. The maximum Gasteiger partial charge on any atom is 0.410 e. The predicted octanol–water partition coefficient (Wildman–Crippen LogP) is 3.58. The fraction of sp³-hybridized carbons (Fsp3) is 0.458. The van der Waals surface area contributed by atoms with Crippen molar-refractivity contribution < 1.29 is 14.3 Å². The molecule has 1 aromatic heterocycles. The van der Waals surface area contributed by atoms with Crippen molar-refractivity contribution >= 4 is 12.1 Å². The van der Waals surface area contributed by atoms with Crippen molar-refractivity contribution in [1.82, 2.24) is 20.5 Å². The van der Waals surface area contributed by atoms with Crippen LogP contribution in [-0.4, -0.2) is 54.8 Å². The van der Waals surface area contributed by atoms with Crippen LogP contribution in [-0.2, 0) is 17.8 Å². The zero-order valence-corrected chi connectivity index (χ0v) is 19.7. The third-order valence-electron chi connectivity index (χ3n) is 4.51. The third-order valence-corrected chi connectivity index (χ3v) is 4.51. The highest BCUT2D eigenvalue weighted by atomic mass is 16.6. The molecule has 0 bridgehead atoms. The van der Waals surface area contributed by atoms with E-state index >= 15 is 0 Å². The Bertz CT molecular complexity index is 865. The van der Waals surface area contributed by atoms with Crippen LogP contribution in [0.5, 0.6) is 5.75 Å². The number of hydrogen-bond acceptors (Lipinski definition) is 5. The Morgan fingerprint density at radius 3 is 2.59 bits per heavy atom. The molecule has 174 valence electrons. The standard InChI is InChI=1S/C24H35N5O3/c1-24(2,3)32-23(30)29(18-19-10-8-13-26-16-19)15-9-14-27-22(25-4)28-17-20-11-6-7-12-21(20)31-5/h6-8,10-13,16H,9,14-15,17-18H2,1-5H3,(H2,25,27,28). The molecule has 0 saturated heterocycles. The number of benzene rings is 1. The van der Waals surface area contributed by atoms with E-state index in [0.717, 1.165) is 23.3 Å². The van der Waals surface area contributed by atoms with E-state index in [9.17, 15) is 4.79 Å². The summed E-state index contributed by atoms with van der Waals surface area (Å²) in [6.07, 6.45) is 3.88. The van der Waals surface area contributed by atoms with Crippen molar-refractivity contribution in [2.45, 2.75) is 45.9 Å². The van der Waals surface area contributed by atoms with Gasteiger partial charge in [0.1, 0.15) is 11.4 Å². The molecule has 8 nitrogen and oxygen atoms in total. The van der Waals surface area contributed by atoms with Gasteiger partial charge in [-0.3, -0.25) is 9.98 Å². The van der Waals surface area contributed by atoms with Crippen LogP contribution in [0.25, 0.3) is 0 Å². The Morgan fingerprint density at radius 2 is 1.94 bits per heavy atom. The van der Waals surface area contributed by atoms with Crippen LogP contribution < -0.4 is 15.4 Å². The highest BCUT2D eigenvalue weighted by molar-refractivity contribution is 5.79. The lowest BCUT2D eigenvalue weighted by atomic mass is 10.2. The molecule has 0 saturated carbocycles. The van der Waals surface area contributed by atoms with E-state index < -0.39 is 5.60 Å². The van der Waals surface area contributed by atoms with Crippen LogP contribution in [0.1, 0.15) is 38.3 Å². The van der Waals surface area contributed by atoms with Gasteiger partial charge in [-0.25, -0.2) is 4.79 Å². The summed E-state index contributed by atoms with van der Waals surface area (Å²) in [4.78, 5) is 22.8. The minimum Gasteiger partial charge on any atom is -0.496 e. The number of ether oxygens (including phenoxy) is 2. The number of aromatic nitrogens is 1. The molecule has 0 spiro atoms. The molecule has 2 N–H and O–H groups in total. The molecule has 1 amide bonds. The van der Waals surface area contributed by atoms with E-state index in [4.69, 9.17) is 9.47 Å². The third kappa shape index (κ3) is 8.83. The number of guanidine groups is 1. The van der Waals surface area contributed by atoms with Crippen molar-refractivity contribution in [3.05, 3.63) is 59.9 Å². The van der Waals surface area contributed by atoms with Crippen LogP contribution in [0.15, 0.2) is 53.8 Å². The maximum absolute atomic E-state index is 12.7. The first-order valence-electron chi connectivity index (χ1n) is 10.8. The van der Waals surface area contributed by atoms with Gasteiger partial charge >= 0.3 is 6.09 Å². The summed E-state index contributed by atoms with van der Waals surface area (Å²) in [5.41, 5.74) is 1.46. The van der Waals surface area contributed by atoms with Gasteiger partial charge < -0.3 is 25.0 Å². The SMILES string of the molecule is CN=C(NCCCN(Cc1cccnc1)C(=O)OC(C)(C)C)NCc1ccccc1OC. The number of carbonyl (C=O) groups is 1. The van der Waals surface area contributed by atoms with Gasteiger partial charge in [0.25, 0.3) is 0 Å². The molecule has 1 aromatic carbocycles. The van der Waals surface area contributed by atoms with Gasteiger partial charge in [0.05, 0.1) is 13.7 Å².